The summed E-state index contributed by atoms with van der Waals surface area (Å²) in [4.78, 5) is 0. The Hall–Kier alpha value is -3.40. The van der Waals surface area contributed by atoms with Gasteiger partial charge in [0.2, 0.25) is 0 Å². The lowest BCUT2D eigenvalue weighted by atomic mass is 10.0. The summed E-state index contributed by atoms with van der Waals surface area (Å²) in [7, 11) is 0. The first-order valence-corrected chi connectivity index (χ1v) is 12.0. The number of anilines is 2. The van der Waals surface area contributed by atoms with E-state index >= 15 is 0 Å². The Balaban J connectivity index is 1.30. The molecule has 4 aromatic carbocycles. The third kappa shape index (κ3) is 3.63. The maximum absolute atomic E-state index is 3.59. The van der Waals surface area contributed by atoms with E-state index in [1.165, 1.54) is 42.4 Å². The highest BCUT2D eigenvalue weighted by atomic mass is 32.1. The highest BCUT2D eigenvalue weighted by molar-refractivity contribution is 7.17. The van der Waals surface area contributed by atoms with Gasteiger partial charge in [-0.15, -0.1) is 22.7 Å². The van der Waals surface area contributed by atoms with Gasteiger partial charge in [0.1, 0.15) is 0 Å². The van der Waals surface area contributed by atoms with Gasteiger partial charge >= 0.3 is 0 Å². The summed E-state index contributed by atoms with van der Waals surface area (Å²) < 4.78 is 2.65. The van der Waals surface area contributed by atoms with E-state index in [-0.39, 0.29) is 0 Å². The van der Waals surface area contributed by atoms with E-state index in [4.69, 9.17) is 0 Å². The smallest absolute Gasteiger partial charge is 0.0390 e. The third-order valence-electron chi connectivity index (χ3n) is 5.59. The van der Waals surface area contributed by atoms with Gasteiger partial charge in [-0.1, -0.05) is 48.5 Å². The van der Waals surface area contributed by atoms with Crippen molar-refractivity contribution in [3.05, 3.63) is 108 Å². The molecule has 0 radical (unpaired) electrons. The Morgan fingerprint density at radius 3 is 1.45 bits per heavy atom. The van der Waals surface area contributed by atoms with Crippen LogP contribution in [0.1, 0.15) is 0 Å². The van der Waals surface area contributed by atoms with E-state index < -0.39 is 0 Å². The quantitative estimate of drug-likeness (QED) is 0.292. The molecule has 0 fully saturated rings. The highest BCUT2D eigenvalue weighted by Gasteiger charge is 2.05. The number of rotatable bonds is 4. The van der Waals surface area contributed by atoms with E-state index in [2.05, 4.69) is 113 Å². The van der Waals surface area contributed by atoms with Crippen LogP contribution in [-0.2, 0) is 0 Å². The zero-order valence-corrected chi connectivity index (χ0v) is 18.3. The van der Waals surface area contributed by atoms with Gasteiger partial charge in [-0.3, -0.25) is 0 Å². The average Bonchev–Trinajstić information content (AvgIpc) is 3.47. The molecule has 0 bridgehead atoms. The first-order valence-electron chi connectivity index (χ1n) is 10.2. The Bertz CT molecular complexity index is 1410. The van der Waals surface area contributed by atoms with Crippen molar-refractivity contribution in [2.75, 3.05) is 5.32 Å². The topological polar surface area (TPSA) is 12.0 Å². The number of benzene rings is 4. The fourth-order valence-corrected chi connectivity index (χ4v) is 5.65. The van der Waals surface area contributed by atoms with Crippen molar-refractivity contribution in [1.82, 2.24) is 0 Å². The first-order chi connectivity index (χ1) is 15.3. The van der Waals surface area contributed by atoms with Crippen LogP contribution in [0.15, 0.2) is 108 Å². The van der Waals surface area contributed by atoms with Crippen molar-refractivity contribution < 1.29 is 0 Å². The molecule has 0 aliphatic heterocycles. The van der Waals surface area contributed by atoms with Gasteiger partial charge in [-0.25, -0.2) is 0 Å². The molecule has 0 unspecified atom stereocenters. The third-order valence-corrected chi connectivity index (χ3v) is 7.35. The van der Waals surface area contributed by atoms with Crippen molar-refractivity contribution in [3.8, 4) is 22.3 Å². The summed E-state index contributed by atoms with van der Waals surface area (Å²) in [5.41, 5.74) is 7.12. The van der Waals surface area contributed by atoms with Crippen molar-refractivity contribution in [3.63, 3.8) is 0 Å². The summed E-state index contributed by atoms with van der Waals surface area (Å²) in [6, 6.07) is 35.0. The van der Waals surface area contributed by atoms with Crippen LogP contribution >= 0.6 is 22.7 Å². The molecule has 0 aliphatic rings. The first kappa shape index (κ1) is 18.4. The van der Waals surface area contributed by atoms with Crippen molar-refractivity contribution in [2.45, 2.75) is 0 Å². The lowest BCUT2D eigenvalue weighted by molar-refractivity contribution is 1.54. The van der Waals surface area contributed by atoms with E-state index in [0.717, 1.165) is 11.4 Å². The molecular weight excluding hydrogens is 414 g/mol. The zero-order chi connectivity index (χ0) is 20.6. The molecule has 0 amide bonds. The Morgan fingerprint density at radius 2 is 0.935 bits per heavy atom. The van der Waals surface area contributed by atoms with Crippen LogP contribution in [0.3, 0.4) is 0 Å². The molecule has 1 N–H and O–H groups in total. The summed E-state index contributed by atoms with van der Waals surface area (Å²) in [6.07, 6.45) is 0. The SMILES string of the molecule is c1cc(Nc2cccc(-c3ccc4ccsc4c3)c2)cc(-c2ccc3ccsc3c2)c1. The number of thiophene rings is 2. The van der Waals surface area contributed by atoms with Crippen LogP contribution < -0.4 is 5.32 Å². The fraction of sp³-hybridized carbons (Fsp3) is 0. The predicted molar refractivity (Wildman–Crippen MR) is 138 cm³/mol. The normalized spacial score (nSPS) is 11.2. The van der Waals surface area contributed by atoms with Gasteiger partial charge in [0.15, 0.2) is 0 Å². The second-order valence-corrected chi connectivity index (χ2v) is 9.53. The van der Waals surface area contributed by atoms with Crippen molar-refractivity contribution in [1.29, 1.82) is 0 Å². The van der Waals surface area contributed by atoms with Gasteiger partial charge in [-0.2, -0.15) is 0 Å². The Kier molecular flexibility index (Phi) is 4.56. The minimum absolute atomic E-state index is 1.09. The van der Waals surface area contributed by atoms with E-state index in [9.17, 15) is 0 Å². The summed E-state index contributed by atoms with van der Waals surface area (Å²) in [6.45, 7) is 0. The van der Waals surface area contributed by atoms with Gasteiger partial charge < -0.3 is 5.32 Å². The van der Waals surface area contributed by atoms with Crippen molar-refractivity contribution >= 4 is 54.2 Å². The van der Waals surface area contributed by atoms with Crippen LogP contribution in [0.2, 0.25) is 0 Å². The molecule has 1 nitrogen and oxygen atoms in total. The molecule has 6 aromatic rings. The summed E-state index contributed by atoms with van der Waals surface area (Å²) >= 11 is 3.58. The Morgan fingerprint density at radius 1 is 0.452 bits per heavy atom. The molecular formula is C28H19NS2. The van der Waals surface area contributed by atoms with Gasteiger partial charge in [0, 0.05) is 20.8 Å². The minimum atomic E-state index is 1.09. The zero-order valence-electron chi connectivity index (χ0n) is 16.7. The molecule has 6 rings (SSSR count). The van der Waals surface area contributed by atoms with Crippen LogP contribution in [0.4, 0.5) is 11.4 Å². The number of hydrogen-bond donors (Lipinski definition) is 1. The maximum atomic E-state index is 3.59. The lowest BCUT2D eigenvalue weighted by Gasteiger charge is -2.11. The molecule has 0 atom stereocenters. The molecule has 0 saturated carbocycles. The van der Waals surface area contributed by atoms with Crippen LogP contribution in [0, 0.1) is 0 Å². The average molecular weight is 434 g/mol. The summed E-state index contributed by atoms with van der Waals surface area (Å²) in [5, 5.41) is 10.5. The molecule has 31 heavy (non-hydrogen) atoms. The molecule has 0 spiro atoms. The fourth-order valence-electron chi connectivity index (χ4n) is 3.99. The molecule has 2 heterocycles. The molecule has 148 valence electrons. The predicted octanol–water partition coefficient (Wildman–Crippen LogP) is 9.19. The van der Waals surface area contributed by atoms with Gasteiger partial charge in [-0.05, 0) is 92.3 Å². The Labute approximate surface area is 189 Å². The van der Waals surface area contributed by atoms with Crippen LogP contribution in [0.5, 0.6) is 0 Å². The highest BCUT2D eigenvalue weighted by Crippen LogP contribution is 2.32. The van der Waals surface area contributed by atoms with Crippen LogP contribution in [-0.4, -0.2) is 0 Å². The molecule has 0 saturated heterocycles. The maximum Gasteiger partial charge on any atom is 0.0390 e. The van der Waals surface area contributed by atoms with E-state index in [0.29, 0.717) is 0 Å². The summed E-state index contributed by atoms with van der Waals surface area (Å²) in [5.74, 6) is 0. The van der Waals surface area contributed by atoms with Gasteiger partial charge in [0.05, 0.1) is 0 Å². The lowest BCUT2D eigenvalue weighted by Crippen LogP contribution is -1.91. The second kappa shape index (κ2) is 7.69. The number of nitrogens with one attached hydrogen (secondary N) is 1. The second-order valence-electron chi connectivity index (χ2n) is 7.63. The molecule has 3 heteroatoms. The van der Waals surface area contributed by atoms with Crippen molar-refractivity contribution in [2.24, 2.45) is 0 Å². The van der Waals surface area contributed by atoms with Crippen LogP contribution in [0.25, 0.3) is 42.4 Å². The monoisotopic (exact) mass is 433 g/mol. The molecule has 0 aliphatic carbocycles. The van der Waals surface area contributed by atoms with Gasteiger partial charge in [0.25, 0.3) is 0 Å². The number of hydrogen-bond acceptors (Lipinski definition) is 3. The number of fused-ring (bicyclic) bond motifs is 2. The largest absolute Gasteiger partial charge is 0.355 e. The minimum Gasteiger partial charge on any atom is -0.355 e. The van der Waals surface area contributed by atoms with E-state index in [1.54, 1.807) is 22.7 Å². The van der Waals surface area contributed by atoms with E-state index in [1.807, 2.05) is 0 Å². The molecule has 2 aromatic heterocycles. The standard InChI is InChI=1S/C28H19NS2/c1-3-21(23-9-7-19-11-13-30-27(19)17-23)15-25(5-1)29-26-6-2-4-22(16-26)24-10-8-20-12-14-31-28(20)18-24/h1-18,29H.